The highest BCUT2D eigenvalue weighted by Crippen LogP contribution is 2.28. The largest absolute Gasteiger partial charge is 0.324 e. The molecule has 3 aromatic rings. The molecule has 4 rings (SSSR count). The molecule has 1 aromatic carbocycles. The quantitative estimate of drug-likeness (QED) is 0.780. The Kier molecular flexibility index (Phi) is 3.83. The molecule has 1 fully saturated rings. The first-order chi connectivity index (χ1) is 12.1. The Labute approximate surface area is 144 Å². The summed E-state index contributed by atoms with van der Waals surface area (Å²) in [6, 6.07) is 9.49. The summed E-state index contributed by atoms with van der Waals surface area (Å²) in [5, 5.41) is 2.75. The lowest BCUT2D eigenvalue weighted by Crippen LogP contribution is -2.33. The van der Waals surface area contributed by atoms with Gasteiger partial charge < -0.3 is 14.8 Å². The molecule has 0 unspecified atom stereocenters. The SMILES string of the molecule is Cn1c([C@H]2CCN(C(=O)Nc3cccc(F)c3)C2)nc2cccnc21. The van der Waals surface area contributed by atoms with E-state index in [4.69, 9.17) is 0 Å². The molecule has 0 spiro atoms. The molecule has 3 heterocycles. The van der Waals surface area contributed by atoms with Crippen LogP contribution in [0.15, 0.2) is 42.6 Å². The molecule has 1 aliphatic heterocycles. The van der Waals surface area contributed by atoms with E-state index in [9.17, 15) is 9.18 Å². The standard InChI is InChI=1S/C18H18FN5O/c1-23-16(22-15-6-3-8-20-17(15)23)12-7-9-24(11-12)18(25)21-14-5-2-4-13(19)10-14/h2-6,8,10,12H,7,9,11H2,1H3,(H,21,25)/t12-/m0/s1. The highest BCUT2D eigenvalue weighted by molar-refractivity contribution is 5.89. The van der Waals surface area contributed by atoms with Crippen molar-refractivity contribution in [3.05, 3.63) is 54.2 Å². The molecule has 0 saturated carbocycles. The number of aryl methyl sites for hydroxylation is 1. The molecule has 1 saturated heterocycles. The number of halogens is 1. The maximum atomic E-state index is 13.2. The zero-order chi connectivity index (χ0) is 17.4. The average molecular weight is 339 g/mol. The van der Waals surface area contributed by atoms with Crippen LogP contribution in [0.2, 0.25) is 0 Å². The maximum absolute atomic E-state index is 13.2. The first kappa shape index (κ1) is 15.6. The molecular formula is C18H18FN5O. The van der Waals surface area contributed by atoms with Crippen LogP contribution in [-0.4, -0.2) is 38.6 Å². The van der Waals surface area contributed by atoms with Crippen molar-refractivity contribution < 1.29 is 9.18 Å². The number of nitrogens with zero attached hydrogens (tertiary/aromatic N) is 4. The minimum Gasteiger partial charge on any atom is -0.324 e. The van der Waals surface area contributed by atoms with E-state index in [2.05, 4.69) is 15.3 Å². The number of carbonyl (C=O) groups is 1. The summed E-state index contributed by atoms with van der Waals surface area (Å²) >= 11 is 0. The Morgan fingerprint density at radius 2 is 2.20 bits per heavy atom. The van der Waals surface area contributed by atoms with Gasteiger partial charge in [0.05, 0.1) is 0 Å². The minimum atomic E-state index is -0.371. The lowest BCUT2D eigenvalue weighted by molar-refractivity contribution is 0.222. The van der Waals surface area contributed by atoms with Crippen LogP contribution in [0.5, 0.6) is 0 Å². The molecule has 1 N–H and O–H groups in total. The van der Waals surface area contributed by atoms with Gasteiger partial charge in [-0.1, -0.05) is 6.07 Å². The second-order valence-corrected chi connectivity index (χ2v) is 6.25. The van der Waals surface area contributed by atoms with Crippen molar-refractivity contribution in [2.24, 2.45) is 7.05 Å². The van der Waals surface area contributed by atoms with Crippen LogP contribution in [0.3, 0.4) is 0 Å². The van der Waals surface area contributed by atoms with E-state index < -0.39 is 0 Å². The van der Waals surface area contributed by atoms with Gasteiger partial charge in [0.2, 0.25) is 0 Å². The Hall–Kier alpha value is -2.96. The lowest BCUT2D eigenvalue weighted by atomic mass is 10.1. The van der Waals surface area contributed by atoms with E-state index in [0.717, 1.165) is 23.4 Å². The molecule has 2 aromatic heterocycles. The summed E-state index contributed by atoms with van der Waals surface area (Å²) in [6.07, 6.45) is 2.59. The number of imidazole rings is 1. The van der Waals surface area contributed by atoms with Gasteiger partial charge in [0.25, 0.3) is 0 Å². The van der Waals surface area contributed by atoms with Crippen molar-refractivity contribution in [1.29, 1.82) is 0 Å². The van der Waals surface area contributed by atoms with Gasteiger partial charge in [-0.25, -0.2) is 19.2 Å². The van der Waals surface area contributed by atoms with Crippen LogP contribution < -0.4 is 5.32 Å². The zero-order valence-electron chi connectivity index (χ0n) is 13.8. The van der Waals surface area contributed by atoms with Gasteiger partial charge in [-0.05, 0) is 36.8 Å². The predicted molar refractivity (Wildman–Crippen MR) is 92.9 cm³/mol. The van der Waals surface area contributed by atoms with Gasteiger partial charge in [0, 0.05) is 37.9 Å². The summed E-state index contributed by atoms with van der Waals surface area (Å²) in [5.74, 6) is 0.733. The number of pyridine rings is 1. The number of urea groups is 1. The molecule has 0 aliphatic carbocycles. The number of carbonyl (C=O) groups excluding carboxylic acids is 1. The van der Waals surface area contributed by atoms with Crippen molar-refractivity contribution in [2.45, 2.75) is 12.3 Å². The minimum absolute atomic E-state index is 0.164. The van der Waals surface area contributed by atoms with Gasteiger partial charge in [0.1, 0.15) is 17.2 Å². The third-order valence-corrected chi connectivity index (χ3v) is 4.58. The van der Waals surface area contributed by atoms with Crippen LogP contribution in [0.4, 0.5) is 14.9 Å². The van der Waals surface area contributed by atoms with Gasteiger partial charge in [-0.2, -0.15) is 0 Å². The Morgan fingerprint density at radius 3 is 3.00 bits per heavy atom. The number of amides is 2. The summed E-state index contributed by atoms with van der Waals surface area (Å²) < 4.78 is 15.2. The molecule has 2 amide bonds. The molecule has 1 atom stereocenters. The highest BCUT2D eigenvalue weighted by atomic mass is 19.1. The number of rotatable bonds is 2. The smallest absolute Gasteiger partial charge is 0.321 e. The molecule has 6 nitrogen and oxygen atoms in total. The van der Waals surface area contributed by atoms with Crippen LogP contribution in [0.1, 0.15) is 18.2 Å². The molecule has 128 valence electrons. The Bertz CT molecular complexity index is 938. The van der Waals surface area contributed by atoms with E-state index in [1.54, 1.807) is 23.2 Å². The number of fused-ring (bicyclic) bond motifs is 1. The molecule has 0 radical (unpaired) electrons. The fraction of sp³-hybridized carbons (Fsp3) is 0.278. The summed E-state index contributed by atoms with van der Waals surface area (Å²) in [7, 11) is 1.95. The molecule has 7 heteroatoms. The number of hydrogen-bond donors (Lipinski definition) is 1. The van der Waals surface area contributed by atoms with Crippen molar-refractivity contribution in [2.75, 3.05) is 18.4 Å². The zero-order valence-corrected chi connectivity index (χ0v) is 13.8. The van der Waals surface area contributed by atoms with Crippen LogP contribution in [-0.2, 0) is 7.05 Å². The number of hydrogen-bond acceptors (Lipinski definition) is 3. The molecule has 1 aliphatic rings. The second kappa shape index (κ2) is 6.16. The highest BCUT2D eigenvalue weighted by Gasteiger charge is 2.30. The van der Waals surface area contributed by atoms with Gasteiger partial charge in [0.15, 0.2) is 5.65 Å². The van der Waals surface area contributed by atoms with E-state index in [0.29, 0.717) is 18.8 Å². The average Bonchev–Trinajstić information content (AvgIpc) is 3.20. The summed E-state index contributed by atoms with van der Waals surface area (Å²) in [5.41, 5.74) is 2.17. The van der Waals surface area contributed by atoms with Crippen LogP contribution in [0, 0.1) is 5.82 Å². The van der Waals surface area contributed by atoms with Crippen LogP contribution >= 0.6 is 0 Å². The van der Waals surface area contributed by atoms with Crippen molar-refractivity contribution in [3.8, 4) is 0 Å². The van der Waals surface area contributed by atoms with Gasteiger partial charge >= 0.3 is 6.03 Å². The van der Waals surface area contributed by atoms with Crippen molar-refractivity contribution in [1.82, 2.24) is 19.4 Å². The number of aromatic nitrogens is 3. The van der Waals surface area contributed by atoms with Gasteiger partial charge in [-0.3, -0.25) is 0 Å². The second-order valence-electron chi connectivity index (χ2n) is 6.25. The van der Waals surface area contributed by atoms with E-state index in [1.165, 1.54) is 12.1 Å². The predicted octanol–water partition coefficient (Wildman–Crippen LogP) is 3.13. The van der Waals surface area contributed by atoms with Crippen molar-refractivity contribution >= 4 is 22.9 Å². The third-order valence-electron chi connectivity index (χ3n) is 4.58. The van der Waals surface area contributed by atoms with E-state index in [-0.39, 0.29) is 17.8 Å². The lowest BCUT2D eigenvalue weighted by Gasteiger charge is -2.17. The van der Waals surface area contributed by atoms with E-state index >= 15 is 0 Å². The number of benzene rings is 1. The van der Waals surface area contributed by atoms with E-state index in [1.807, 2.05) is 23.7 Å². The Balaban J connectivity index is 1.49. The monoisotopic (exact) mass is 339 g/mol. The summed E-state index contributed by atoms with van der Waals surface area (Å²) in [4.78, 5) is 23.2. The third kappa shape index (κ3) is 2.93. The topological polar surface area (TPSA) is 63.1 Å². The fourth-order valence-electron chi connectivity index (χ4n) is 3.33. The van der Waals surface area contributed by atoms with Crippen molar-refractivity contribution in [3.63, 3.8) is 0 Å². The molecular weight excluding hydrogens is 321 g/mol. The first-order valence-corrected chi connectivity index (χ1v) is 8.20. The number of nitrogens with one attached hydrogen (secondary N) is 1. The van der Waals surface area contributed by atoms with Gasteiger partial charge in [-0.15, -0.1) is 0 Å². The Morgan fingerprint density at radius 1 is 1.32 bits per heavy atom. The number of likely N-dealkylation sites (tertiary alicyclic amines) is 1. The van der Waals surface area contributed by atoms with Crippen LogP contribution in [0.25, 0.3) is 11.2 Å². The first-order valence-electron chi connectivity index (χ1n) is 8.20. The molecule has 25 heavy (non-hydrogen) atoms. The maximum Gasteiger partial charge on any atom is 0.321 e. The fourth-order valence-corrected chi connectivity index (χ4v) is 3.33. The molecule has 0 bridgehead atoms. The number of anilines is 1. The summed E-state index contributed by atoms with van der Waals surface area (Å²) in [6.45, 7) is 1.22. The normalized spacial score (nSPS) is 17.2.